The molecule has 1 saturated carbocycles. The molecule has 0 radical (unpaired) electrons. The Morgan fingerprint density at radius 1 is 1.70 bits per heavy atom. The van der Waals surface area contributed by atoms with Crippen LogP contribution in [0.25, 0.3) is 0 Å². The first kappa shape index (κ1) is 6.38. The normalized spacial score (nSPS) is 46.3. The van der Waals surface area contributed by atoms with Gasteiger partial charge in [-0.25, -0.2) is 0 Å². The van der Waals surface area contributed by atoms with Crippen molar-refractivity contribution >= 4 is 0 Å². The first-order chi connectivity index (χ1) is 4.83. The van der Waals surface area contributed by atoms with Crippen molar-refractivity contribution < 1.29 is 0 Å². The number of rotatable bonds is 1. The van der Waals surface area contributed by atoms with Crippen LogP contribution in [0.15, 0.2) is 12.7 Å². The van der Waals surface area contributed by atoms with E-state index >= 15 is 0 Å². The quantitative estimate of drug-likeness (QED) is 0.528. The Hall–Kier alpha value is -0.340. The van der Waals surface area contributed by atoms with E-state index in [-0.39, 0.29) is 0 Å². The van der Waals surface area contributed by atoms with Crippen LogP contribution < -0.4 is 5.32 Å². The first-order valence-electron chi connectivity index (χ1n) is 3.91. The van der Waals surface area contributed by atoms with E-state index in [0.717, 1.165) is 12.0 Å². The highest BCUT2D eigenvalue weighted by Gasteiger charge is 2.45. The Balaban J connectivity index is 2.03. The minimum absolute atomic E-state index is 0.420. The van der Waals surface area contributed by atoms with E-state index in [9.17, 15) is 0 Å². The van der Waals surface area contributed by atoms with Gasteiger partial charge in [-0.05, 0) is 19.4 Å². The Kier molecular flexibility index (Phi) is 1.32. The molecule has 0 amide bonds. The van der Waals surface area contributed by atoms with Crippen molar-refractivity contribution in [1.29, 1.82) is 0 Å². The van der Waals surface area contributed by atoms with E-state index < -0.39 is 0 Å². The molecule has 1 aliphatic carbocycles. The van der Waals surface area contributed by atoms with Gasteiger partial charge in [0.2, 0.25) is 0 Å². The van der Waals surface area contributed by atoms with Crippen molar-refractivity contribution in [3.8, 4) is 0 Å². The van der Waals surface area contributed by atoms with E-state index in [1.807, 2.05) is 6.08 Å². The molecule has 3 unspecified atom stereocenters. The van der Waals surface area contributed by atoms with Crippen LogP contribution in [0.1, 0.15) is 6.42 Å². The van der Waals surface area contributed by atoms with E-state index in [4.69, 9.17) is 0 Å². The maximum absolute atomic E-state index is 3.78. The second-order valence-corrected chi connectivity index (χ2v) is 3.32. The maximum Gasteiger partial charge on any atom is 0.0787 e. The molecule has 3 atom stereocenters. The second kappa shape index (κ2) is 2.07. The lowest BCUT2D eigenvalue weighted by Gasteiger charge is -2.30. The van der Waals surface area contributed by atoms with Crippen molar-refractivity contribution in [3.63, 3.8) is 0 Å². The summed E-state index contributed by atoms with van der Waals surface area (Å²) in [5.74, 6) is 0.932. The lowest BCUT2D eigenvalue weighted by molar-refractivity contribution is 0.192. The van der Waals surface area contributed by atoms with Crippen LogP contribution in [0, 0.1) is 5.92 Å². The molecule has 0 aromatic rings. The second-order valence-electron chi connectivity index (χ2n) is 3.32. The molecule has 2 aliphatic rings. The summed E-state index contributed by atoms with van der Waals surface area (Å²) in [6, 6.07) is 0.851. The molecular formula is C8H14N2. The van der Waals surface area contributed by atoms with Gasteiger partial charge in [-0.15, -0.1) is 6.58 Å². The molecule has 1 heterocycles. The van der Waals surface area contributed by atoms with Gasteiger partial charge in [0.15, 0.2) is 0 Å². The minimum Gasteiger partial charge on any atom is -0.298 e. The summed E-state index contributed by atoms with van der Waals surface area (Å²) in [4.78, 5) is 2.38. The van der Waals surface area contributed by atoms with Crippen molar-refractivity contribution in [2.45, 2.75) is 18.6 Å². The molecule has 56 valence electrons. The molecule has 2 nitrogen and oxygen atoms in total. The lowest BCUT2D eigenvalue weighted by atomic mass is 10.2. The summed E-state index contributed by atoms with van der Waals surface area (Å²) in [6.45, 7) is 4.97. The molecule has 2 rings (SSSR count). The third kappa shape index (κ3) is 0.796. The third-order valence-electron chi connectivity index (χ3n) is 2.66. The zero-order valence-corrected chi connectivity index (χ0v) is 6.38. The Bertz CT molecular complexity index is 155. The van der Waals surface area contributed by atoms with Crippen molar-refractivity contribution in [3.05, 3.63) is 12.7 Å². The van der Waals surface area contributed by atoms with Crippen molar-refractivity contribution in [1.82, 2.24) is 10.2 Å². The summed E-state index contributed by atoms with van der Waals surface area (Å²) in [5.41, 5.74) is 0. The molecule has 1 saturated heterocycles. The number of hydrogen-bond acceptors (Lipinski definition) is 2. The highest BCUT2D eigenvalue weighted by Crippen LogP contribution is 2.37. The van der Waals surface area contributed by atoms with Gasteiger partial charge in [0.05, 0.1) is 6.17 Å². The molecule has 0 spiro atoms. The molecule has 0 bridgehead atoms. The Labute approximate surface area is 61.9 Å². The highest BCUT2D eigenvalue weighted by molar-refractivity contribution is 5.04. The average molecular weight is 138 g/mol. The van der Waals surface area contributed by atoms with Gasteiger partial charge < -0.3 is 0 Å². The van der Waals surface area contributed by atoms with Crippen molar-refractivity contribution in [2.75, 3.05) is 13.6 Å². The van der Waals surface area contributed by atoms with E-state index in [1.165, 1.54) is 13.0 Å². The molecule has 1 aliphatic heterocycles. The molecule has 0 aromatic carbocycles. The van der Waals surface area contributed by atoms with Gasteiger partial charge >= 0.3 is 0 Å². The predicted molar refractivity (Wildman–Crippen MR) is 41.6 cm³/mol. The van der Waals surface area contributed by atoms with Crippen molar-refractivity contribution in [2.24, 2.45) is 5.92 Å². The summed E-state index contributed by atoms with van der Waals surface area (Å²) in [5, 5.41) is 3.42. The largest absolute Gasteiger partial charge is 0.298 e. The molecule has 2 fully saturated rings. The fourth-order valence-corrected chi connectivity index (χ4v) is 1.82. The van der Waals surface area contributed by atoms with Gasteiger partial charge in [-0.3, -0.25) is 10.2 Å². The average Bonchev–Trinajstić information content (AvgIpc) is 2.68. The zero-order chi connectivity index (χ0) is 7.14. The van der Waals surface area contributed by atoms with E-state index in [2.05, 4.69) is 23.8 Å². The van der Waals surface area contributed by atoms with Crippen LogP contribution in [0.5, 0.6) is 0 Å². The van der Waals surface area contributed by atoms with Crippen LogP contribution in [-0.2, 0) is 0 Å². The standard InChI is InChI=1S/C8H14N2/c1-3-8-9-5-6-4-7(6)10(8)2/h3,6-9H,1,4-5H2,2H3. The monoisotopic (exact) mass is 138 g/mol. The number of hydrogen-bond donors (Lipinski definition) is 1. The SMILES string of the molecule is C=CC1NCC2CC2N1C. The smallest absolute Gasteiger partial charge is 0.0787 e. The first-order valence-corrected chi connectivity index (χ1v) is 3.91. The van der Waals surface area contributed by atoms with E-state index in [0.29, 0.717) is 6.17 Å². The Morgan fingerprint density at radius 2 is 2.50 bits per heavy atom. The predicted octanol–water partition coefficient (Wildman–Crippen LogP) is 0.422. The van der Waals surface area contributed by atoms with Gasteiger partial charge in [0, 0.05) is 12.6 Å². The number of likely N-dealkylation sites (N-methyl/N-ethyl adjacent to an activating group) is 1. The number of nitrogens with zero attached hydrogens (tertiary/aromatic N) is 1. The fourth-order valence-electron chi connectivity index (χ4n) is 1.82. The van der Waals surface area contributed by atoms with E-state index in [1.54, 1.807) is 0 Å². The highest BCUT2D eigenvalue weighted by atomic mass is 15.3. The Morgan fingerprint density at radius 3 is 3.20 bits per heavy atom. The van der Waals surface area contributed by atoms with Crippen LogP contribution in [-0.4, -0.2) is 30.7 Å². The molecule has 2 heteroatoms. The van der Waals surface area contributed by atoms with Gasteiger partial charge in [-0.1, -0.05) is 6.08 Å². The summed E-state index contributed by atoms with van der Waals surface area (Å²) in [7, 11) is 2.17. The summed E-state index contributed by atoms with van der Waals surface area (Å²) < 4.78 is 0. The molecule has 0 aromatic heterocycles. The minimum atomic E-state index is 0.420. The fraction of sp³-hybridized carbons (Fsp3) is 0.750. The number of nitrogens with one attached hydrogen (secondary N) is 1. The summed E-state index contributed by atoms with van der Waals surface area (Å²) in [6.07, 6.45) is 3.78. The summed E-state index contributed by atoms with van der Waals surface area (Å²) >= 11 is 0. The van der Waals surface area contributed by atoms with Gasteiger partial charge in [0.25, 0.3) is 0 Å². The maximum atomic E-state index is 3.78. The topological polar surface area (TPSA) is 15.3 Å². The lowest BCUT2D eigenvalue weighted by Crippen LogP contribution is -2.48. The van der Waals surface area contributed by atoms with Crippen LogP contribution >= 0.6 is 0 Å². The van der Waals surface area contributed by atoms with Gasteiger partial charge in [0.1, 0.15) is 0 Å². The van der Waals surface area contributed by atoms with Crippen LogP contribution in [0.3, 0.4) is 0 Å². The van der Waals surface area contributed by atoms with Gasteiger partial charge in [-0.2, -0.15) is 0 Å². The number of fused-ring (bicyclic) bond motifs is 1. The van der Waals surface area contributed by atoms with Crippen LogP contribution in [0.4, 0.5) is 0 Å². The molecular weight excluding hydrogens is 124 g/mol. The molecule has 10 heavy (non-hydrogen) atoms. The van der Waals surface area contributed by atoms with Crippen LogP contribution in [0.2, 0.25) is 0 Å². The third-order valence-corrected chi connectivity index (χ3v) is 2.66. The zero-order valence-electron chi connectivity index (χ0n) is 6.38. The molecule has 1 N–H and O–H groups in total.